The monoisotopic (exact) mass is 289 g/mol. The van der Waals surface area contributed by atoms with E-state index < -0.39 is 6.03 Å². The molecule has 0 saturated carbocycles. The minimum Gasteiger partial charge on any atom is -0.337 e. The van der Waals surface area contributed by atoms with E-state index in [9.17, 15) is 14.4 Å². The fraction of sp³-hybridized carbons (Fsp3) is 0.400. The summed E-state index contributed by atoms with van der Waals surface area (Å²) in [5.41, 5.74) is 1.02. The summed E-state index contributed by atoms with van der Waals surface area (Å²) in [4.78, 5) is 39.7. The smallest absolute Gasteiger partial charge is 0.327 e. The largest absolute Gasteiger partial charge is 0.337 e. The Morgan fingerprint density at radius 3 is 2.43 bits per heavy atom. The van der Waals surface area contributed by atoms with Crippen molar-refractivity contribution in [1.29, 1.82) is 0 Å². The second-order valence-corrected chi connectivity index (χ2v) is 5.01. The highest BCUT2D eigenvalue weighted by Crippen LogP contribution is 2.10. The molecule has 0 radical (unpaired) electrons. The first-order chi connectivity index (χ1) is 10.0. The topological polar surface area (TPSA) is 60.9 Å². The van der Waals surface area contributed by atoms with Crippen LogP contribution >= 0.6 is 0 Å². The summed E-state index contributed by atoms with van der Waals surface area (Å²) in [7, 11) is 1.55. The molecular weight excluding hydrogens is 270 g/mol. The van der Waals surface area contributed by atoms with Crippen molar-refractivity contribution in [2.75, 3.05) is 26.7 Å². The summed E-state index contributed by atoms with van der Waals surface area (Å²) in [6, 6.07) is 9.21. The lowest BCUT2D eigenvalue weighted by Gasteiger charge is -2.23. The van der Waals surface area contributed by atoms with Crippen molar-refractivity contribution < 1.29 is 14.4 Å². The number of imide groups is 1. The van der Waals surface area contributed by atoms with Crippen molar-refractivity contribution in [3.63, 3.8) is 0 Å². The average Bonchev–Trinajstić information content (AvgIpc) is 2.72. The molecule has 0 bridgehead atoms. The van der Waals surface area contributed by atoms with Crippen molar-refractivity contribution in [3.8, 4) is 0 Å². The maximum Gasteiger partial charge on any atom is 0.327 e. The molecule has 1 fully saturated rings. The van der Waals surface area contributed by atoms with E-state index in [1.807, 2.05) is 37.3 Å². The summed E-state index contributed by atoms with van der Waals surface area (Å²) < 4.78 is 0. The number of hydrogen-bond donors (Lipinski definition) is 0. The number of hydrogen-bond acceptors (Lipinski definition) is 3. The Kier molecular flexibility index (Phi) is 4.57. The first-order valence-electron chi connectivity index (χ1n) is 6.90. The van der Waals surface area contributed by atoms with Gasteiger partial charge in [0.05, 0.1) is 0 Å². The predicted octanol–water partition coefficient (Wildman–Crippen LogP) is 0.929. The van der Waals surface area contributed by atoms with Crippen LogP contribution in [0.15, 0.2) is 30.3 Å². The number of nitrogens with zero attached hydrogens (tertiary/aromatic N) is 3. The molecule has 4 amide bonds. The van der Waals surface area contributed by atoms with Crippen LogP contribution in [-0.2, 0) is 16.1 Å². The molecule has 1 aliphatic rings. The van der Waals surface area contributed by atoms with E-state index in [1.54, 1.807) is 11.9 Å². The van der Waals surface area contributed by atoms with Gasteiger partial charge in [0.1, 0.15) is 13.1 Å². The molecule has 0 unspecified atom stereocenters. The Bertz CT molecular complexity index is 544. The Balaban J connectivity index is 2.01. The van der Waals surface area contributed by atoms with Gasteiger partial charge < -0.3 is 9.80 Å². The molecule has 112 valence electrons. The lowest BCUT2D eigenvalue weighted by atomic mass is 10.2. The molecular formula is C15H19N3O3. The fourth-order valence-electron chi connectivity index (χ4n) is 2.24. The van der Waals surface area contributed by atoms with Gasteiger partial charge in [-0.2, -0.15) is 0 Å². The van der Waals surface area contributed by atoms with Gasteiger partial charge in [-0.3, -0.25) is 14.5 Å². The van der Waals surface area contributed by atoms with E-state index in [1.165, 1.54) is 4.90 Å². The summed E-state index contributed by atoms with van der Waals surface area (Å²) in [5.74, 6) is -0.551. The number of carbonyl (C=O) groups is 3. The van der Waals surface area contributed by atoms with Gasteiger partial charge in [0.15, 0.2) is 0 Å². The van der Waals surface area contributed by atoms with Gasteiger partial charge in [-0.1, -0.05) is 30.3 Å². The Labute approximate surface area is 123 Å². The molecule has 1 aromatic carbocycles. The Morgan fingerprint density at radius 2 is 1.90 bits per heavy atom. The Morgan fingerprint density at radius 1 is 1.24 bits per heavy atom. The van der Waals surface area contributed by atoms with Crippen LogP contribution in [0.1, 0.15) is 12.5 Å². The zero-order valence-corrected chi connectivity index (χ0v) is 12.3. The minimum absolute atomic E-state index is 0.0386. The van der Waals surface area contributed by atoms with Crippen LogP contribution in [0, 0.1) is 0 Å². The van der Waals surface area contributed by atoms with Gasteiger partial charge in [-0.05, 0) is 12.5 Å². The number of rotatable bonds is 5. The van der Waals surface area contributed by atoms with E-state index in [0.29, 0.717) is 13.1 Å². The number of benzene rings is 1. The predicted molar refractivity (Wildman–Crippen MR) is 77.3 cm³/mol. The molecule has 0 atom stereocenters. The molecule has 1 heterocycles. The third kappa shape index (κ3) is 3.39. The van der Waals surface area contributed by atoms with Crippen LogP contribution in [0.4, 0.5) is 4.79 Å². The lowest BCUT2D eigenvalue weighted by molar-refractivity contribution is -0.136. The van der Waals surface area contributed by atoms with Crippen molar-refractivity contribution in [3.05, 3.63) is 35.9 Å². The van der Waals surface area contributed by atoms with Crippen LogP contribution in [-0.4, -0.2) is 59.2 Å². The van der Waals surface area contributed by atoms with Gasteiger partial charge in [-0.25, -0.2) is 4.79 Å². The maximum atomic E-state index is 12.3. The van der Waals surface area contributed by atoms with Crippen molar-refractivity contribution in [2.24, 2.45) is 0 Å². The average molecular weight is 289 g/mol. The quantitative estimate of drug-likeness (QED) is 0.758. The number of urea groups is 1. The number of carbonyl (C=O) groups excluding carboxylic acids is 3. The van der Waals surface area contributed by atoms with E-state index >= 15 is 0 Å². The molecule has 0 spiro atoms. The Hall–Kier alpha value is -2.37. The second kappa shape index (κ2) is 6.39. The maximum absolute atomic E-state index is 12.3. The van der Waals surface area contributed by atoms with E-state index in [0.717, 1.165) is 10.5 Å². The molecule has 21 heavy (non-hydrogen) atoms. The first kappa shape index (κ1) is 15.0. The zero-order chi connectivity index (χ0) is 15.4. The van der Waals surface area contributed by atoms with Crippen LogP contribution in [0.25, 0.3) is 0 Å². The van der Waals surface area contributed by atoms with Crippen LogP contribution in [0.3, 0.4) is 0 Å². The number of likely N-dealkylation sites (N-methyl/N-ethyl adjacent to an activating group) is 2. The van der Waals surface area contributed by atoms with Crippen molar-refractivity contribution in [1.82, 2.24) is 14.7 Å². The highest BCUT2D eigenvalue weighted by molar-refractivity contribution is 6.04. The minimum atomic E-state index is -0.413. The number of amides is 4. The highest BCUT2D eigenvalue weighted by Gasteiger charge is 2.35. The zero-order valence-electron chi connectivity index (χ0n) is 12.3. The fourth-order valence-corrected chi connectivity index (χ4v) is 2.24. The molecule has 2 rings (SSSR count). The van der Waals surface area contributed by atoms with Crippen molar-refractivity contribution >= 4 is 17.8 Å². The molecule has 1 saturated heterocycles. The SMILES string of the molecule is CCN(Cc1ccccc1)C(=O)CN1C(=O)CN(C)C1=O. The van der Waals surface area contributed by atoms with Crippen LogP contribution in [0.2, 0.25) is 0 Å². The lowest BCUT2D eigenvalue weighted by Crippen LogP contribution is -2.42. The summed E-state index contributed by atoms with van der Waals surface area (Å²) in [6.07, 6.45) is 0. The van der Waals surface area contributed by atoms with Gasteiger partial charge in [0.25, 0.3) is 5.91 Å². The van der Waals surface area contributed by atoms with E-state index in [-0.39, 0.29) is 24.9 Å². The van der Waals surface area contributed by atoms with Gasteiger partial charge >= 0.3 is 6.03 Å². The van der Waals surface area contributed by atoms with Crippen molar-refractivity contribution in [2.45, 2.75) is 13.5 Å². The molecule has 0 N–H and O–H groups in total. The standard InChI is InChI=1S/C15H19N3O3/c1-3-17(9-12-7-5-4-6-8-12)13(19)11-18-14(20)10-16(2)15(18)21/h4-8H,3,9-11H2,1-2H3. The van der Waals surface area contributed by atoms with Crippen LogP contribution in [0.5, 0.6) is 0 Å². The van der Waals surface area contributed by atoms with E-state index in [4.69, 9.17) is 0 Å². The third-order valence-electron chi connectivity index (χ3n) is 3.47. The molecule has 6 nitrogen and oxygen atoms in total. The molecule has 1 aliphatic heterocycles. The molecule has 6 heteroatoms. The summed E-state index contributed by atoms with van der Waals surface area (Å²) >= 11 is 0. The first-order valence-corrected chi connectivity index (χ1v) is 6.90. The molecule has 1 aromatic rings. The van der Waals surface area contributed by atoms with Gasteiger partial charge in [-0.15, -0.1) is 0 Å². The summed E-state index contributed by atoms with van der Waals surface area (Å²) in [6.45, 7) is 2.72. The normalized spacial score (nSPS) is 14.8. The van der Waals surface area contributed by atoms with E-state index in [2.05, 4.69) is 0 Å². The second-order valence-electron chi connectivity index (χ2n) is 5.01. The molecule has 0 aliphatic carbocycles. The molecule has 0 aromatic heterocycles. The van der Waals surface area contributed by atoms with Gasteiger partial charge in [0, 0.05) is 20.1 Å². The summed E-state index contributed by atoms with van der Waals surface area (Å²) in [5, 5.41) is 0. The third-order valence-corrected chi connectivity index (χ3v) is 3.47. The highest BCUT2D eigenvalue weighted by atomic mass is 16.2. The van der Waals surface area contributed by atoms with Gasteiger partial charge in [0.2, 0.25) is 5.91 Å². The van der Waals surface area contributed by atoms with Crippen LogP contribution < -0.4 is 0 Å².